The van der Waals surface area contributed by atoms with Gasteiger partial charge in [0, 0.05) is 7.05 Å². The number of hydrogen-bond donors (Lipinski definition) is 1. The number of rotatable bonds is 3. The molecule has 0 spiro atoms. The van der Waals surface area contributed by atoms with Crippen molar-refractivity contribution >= 4 is 17.2 Å². The predicted molar refractivity (Wildman–Crippen MR) is 66.2 cm³/mol. The normalized spacial score (nSPS) is 9.71. The van der Waals surface area contributed by atoms with Gasteiger partial charge in [0.15, 0.2) is 11.6 Å². The number of nitrogens with one attached hydrogen (secondary N) is 1. The first-order valence-electron chi connectivity index (χ1n) is 4.87. The zero-order valence-electron chi connectivity index (χ0n) is 9.39. The number of thiophene rings is 1. The van der Waals surface area contributed by atoms with Gasteiger partial charge in [-0.05, 0) is 12.1 Å². The topological polar surface area (TPSA) is 70.8 Å². The molecule has 0 unspecified atom stereocenters. The lowest BCUT2D eigenvalue weighted by atomic mass is 10.3. The van der Waals surface area contributed by atoms with Gasteiger partial charge in [0.2, 0.25) is 0 Å². The van der Waals surface area contributed by atoms with Crippen LogP contribution in [0.3, 0.4) is 0 Å². The summed E-state index contributed by atoms with van der Waals surface area (Å²) in [6.07, 6.45) is 1.47. The van der Waals surface area contributed by atoms with E-state index in [1.165, 1.54) is 17.7 Å². The van der Waals surface area contributed by atoms with E-state index in [2.05, 4.69) is 21.4 Å². The first-order valence-corrected chi connectivity index (χ1v) is 5.69. The zero-order chi connectivity index (χ0) is 12.3. The molecule has 0 aliphatic rings. The van der Waals surface area contributed by atoms with Crippen molar-refractivity contribution in [3.05, 3.63) is 23.3 Å². The Labute approximate surface area is 103 Å². The summed E-state index contributed by atoms with van der Waals surface area (Å²) in [5, 5.41) is 11.8. The predicted octanol–water partition coefficient (Wildman–Crippen LogP) is 2.13. The Morgan fingerprint density at radius 2 is 2.24 bits per heavy atom. The molecule has 0 aliphatic heterocycles. The highest BCUT2D eigenvalue weighted by molar-refractivity contribution is 7.16. The highest BCUT2D eigenvalue weighted by atomic mass is 32.1. The summed E-state index contributed by atoms with van der Waals surface area (Å²) in [4.78, 5) is 9.81. The van der Waals surface area contributed by atoms with Gasteiger partial charge in [0.25, 0.3) is 0 Å². The van der Waals surface area contributed by atoms with Gasteiger partial charge in [-0.3, -0.25) is 0 Å². The van der Waals surface area contributed by atoms with Crippen LogP contribution in [0.1, 0.15) is 4.88 Å². The average Bonchev–Trinajstić information content (AvgIpc) is 2.86. The lowest BCUT2D eigenvalue weighted by Crippen LogP contribution is -1.99. The van der Waals surface area contributed by atoms with E-state index in [0.29, 0.717) is 22.1 Å². The molecule has 5 nitrogen and oxygen atoms in total. The third-order valence-electron chi connectivity index (χ3n) is 2.19. The van der Waals surface area contributed by atoms with Crippen LogP contribution < -0.4 is 10.1 Å². The first-order chi connectivity index (χ1) is 8.30. The average molecular weight is 246 g/mol. The van der Waals surface area contributed by atoms with Crippen molar-refractivity contribution in [2.24, 2.45) is 0 Å². The molecule has 0 aliphatic carbocycles. The number of aromatic nitrogens is 2. The second kappa shape index (κ2) is 4.80. The maximum Gasteiger partial charge on any atom is 0.188 e. The van der Waals surface area contributed by atoms with Gasteiger partial charge >= 0.3 is 0 Å². The van der Waals surface area contributed by atoms with E-state index in [1.54, 1.807) is 20.2 Å². The summed E-state index contributed by atoms with van der Waals surface area (Å²) in [7, 11) is 3.34. The molecule has 17 heavy (non-hydrogen) atoms. The third-order valence-corrected chi connectivity index (χ3v) is 3.19. The van der Waals surface area contributed by atoms with E-state index in [1.807, 2.05) is 6.07 Å². The van der Waals surface area contributed by atoms with Gasteiger partial charge in [-0.2, -0.15) is 5.26 Å². The van der Waals surface area contributed by atoms with Crippen LogP contribution in [0.25, 0.3) is 10.6 Å². The van der Waals surface area contributed by atoms with Crippen LogP contribution in [-0.2, 0) is 0 Å². The summed E-state index contributed by atoms with van der Waals surface area (Å²) in [5.74, 6) is 1.21. The monoisotopic (exact) mass is 246 g/mol. The minimum absolute atomic E-state index is 0.585. The second-order valence-corrected chi connectivity index (χ2v) is 4.21. The van der Waals surface area contributed by atoms with Crippen molar-refractivity contribution in [3.63, 3.8) is 0 Å². The molecular weight excluding hydrogens is 236 g/mol. The molecule has 0 amide bonds. The summed E-state index contributed by atoms with van der Waals surface area (Å²) < 4.78 is 5.30. The molecule has 0 atom stereocenters. The van der Waals surface area contributed by atoms with E-state index in [4.69, 9.17) is 10.00 Å². The molecule has 6 heteroatoms. The Bertz CT molecular complexity index is 573. The number of ether oxygens (including phenoxy) is 1. The Hall–Kier alpha value is -2.13. The van der Waals surface area contributed by atoms with Crippen molar-refractivity contribution < 1.29 is 4.74 Å². The van der Waals surface area contributed by atoms with Crippen LogP contribution in [0.4, 0.5) is 5.82 Å². The molecule has 0 fully saturated rings. The number of nitrogens with zero attached hydrogens (tertiary/aromatic N) is 3. The van der Waals surface area contributed by atoms with Gasteiger partial charge in [0.05, 0.1) is 12.0 Å². The summed E-state index contributed by atoms with van der Waals surface area (Å²) >= 11 is 1.38. The van der Waals surface area contributed by atoms with E-state index in [9.17, 15) is 0 Å². The van der Waals surface area contributed by atoms with Crippen molar-refractivity contribution in [2.75, 3.05) is 19.5 Å². The molecular formula is C11H10N4OS. The molecule has 0 saturated heterocycles. The minimum Gasteiger partial charge on any atom is -0.491 e. The van der Waals surface area contributed by atoms with Gasteiger partial charge in [-0.15, -0.1) is 11.3 Å². The third kappa shape index (κ3) is 2.05. The number of hydrogen-bond acceptors (Lipinski definition) is 6. The quantitative estimate of drug-likeness (QED) is 0.898. The Balaban J connectivity index is 2.55. The van der Waals surface area contributed by atoms with E-state index < -0.39 is 0 Å². The molecule has 0 bridgehead atoms. The first kappa shape index (κ1) is 11.4. The number of nitriles is 1. The number of anilines is 1. The van der Waals surface area contributed by atoms with Gasteiger partial charge in [-0.1, -0.05) is 0 Å². The molecule has 2 rings (SSSR count). The van der Waals surface area contributed by atoms with E-state index in [0.717, 1.165) is 4.88 Å². The standard InChI is InChI=1S/C11H10N4OS/c1-13-11-10(16-2)9(14-6-15-11)8-4-3-7(5-12)17-8/h3-4,6H,1-2H3,(H,13,14,15). The fourth-order valence-corrected chi connectivity index (χ4v) is 2.24. The molecule has 0 radical (unpaired) electrons. The highest BCUT2D eigenvalue weighted by Gasteiger charge is 2.14. The minimum atomic E-state index is 0.585. The van der Waals surface area contributed by atoms with Crippen LogP contribution in [0.2, 0.25) is 0 Å². The van der Waals surface area contributed by atoms with E-state index in [-0.39, 0.29) is 0 Å². The summed E-state index contributed by atoms with van der Waals surface area (Å²) in [5.41, 5.74) is 0.693. The van der Waals surface area contributed by atoms with Crippen LogP contribution in [0, 0.1) is 11.3 Å². The summed E-state index contributed by atoms with van der Waals surface area (Å²) in [6.45, 7) is 0. The lowest BCUT2D eigenvalue weighted by Gasteiger charge is -2.09. The molecule has 2 aromatic rings. The van der Waals surface area contributed by atoms with E-state index >= 15 is 0 Å². The van der Waals surface area contributed by atoms with Crippen LogP contribution in [0.15, 0.2) is 18.5 Å². The van der Waals surface area contributed by atoms with Crippen molar-refractivity contribution in [3.8, 4) is 22.4 Å². The van der Waals surface area contributed by atoms with Gasteiger partial charge in [-0.25, -0.2) is 9.97 Å². The smallest absolute Gasteiger partial charge is 0.188 e. The van der Waals surface area contributed by atoms with Crippen LogP contribution >= 0.6 is 11.3 Å². The molecule has 0 saturated carbocycles. The van der Waals surface area contributed by atoms with Gasteiger partial charge in [0.1, 0.15) is 23.0 Å². The SMILES string of the molecule is CNc1ncnc(-c2ccc(C#N)s2)c1OC. The number of methoxy groups -OCH3 is 1. The van der Waals surface area contributed by atoms with Crippen molar-refractivity contribution in [1.82, 2.24) is 9.97 Å². The fraction of sp³-hybridized carbons (Fsp3) is 0.182. The zero-order valence-corrected chi connectivity index (χ0v) is 10.2. The molecule has 2 heterocycles. The second-order valence-electron chi connectivity index (χ2n) is 3.13. The summed E-state index contributed by atoms with van der Waals surface area (Å²) in [6, 6.07) is 5.72. The van der Waals surface area contributed by atoms with Crippen molar-refractivity contribution in [1.29, 1.82) is 5.26 Å². The fourth-order valence-electron chi connectivity index (χ4n) is 1.45. The highest BCUT2D eigenvalue weighted by Crippen LogP contribution is 2.36. The largest absolute Gasteiger partial charge is 0.491 e. The maximum atomic E-state index is 8.81. The maximum absolute atomic E-state index is 8.81. The molecule has 86 valence electrons. The lowest BCUT2D eigenvalue weighted by molar-refractivity contribution is 0.415. The van der Waals surface area contributed by atoms with Crippen LogP contribution in [-0.4, -0.2) is 24.1 Å². The molecule has 0 aromatic carbocycles. The Morgan fingerprint density at radius 3 is 2.82 bits per heavy atom. The molecule has 1 N–H and O–H groups in total. The van der Waals surface area contributed by atoms with Gasteiger partial charge < -0.3 is 10.1 Å². The Kier molecular flexibility index (Phi) is 3.21. The van der Waals surface area contributed by atoms with Crippen LogP contribution in [0.5, 0.6) is 5.75 Å². The Morgan fingerprint density at radius 1 is 1.41 bits per heavy atom. The van der Waals surface area contributed by atoms with Crippen molar-refractivity contribution in [2.45, 2.75) is 0 Å². The molecule has 2 aromatic heterocycles.